The van der Waals surface area contributed by atoms with Gasteiger partial charge < -0.3 is 20.1 Å². The standard InChI is InChI=1S/C21H26N2O4/c1-16(2)13-19(22-20(24)26-14-17-9-5-3-6-10-17)23-21(25)27-15-18-11-7-4-8-12-18/h3-12,16,19H,13-15H2,1-2H3,(H,22,24)(H,23,25). The Hall–Kier alpha value is -3.02. The van der Waals surface area contributed by atoms with E-state index < -0.39 is 18.4 Å². The van der Waals surface area contributed by atoms with Gasteiger partial charge in [0.1, 0.15) is 19.4 Å². The molecule has 0 atom stereocenters. The number of carbonyl (C=O) groups excluding carboxylic acids is 2. The van der Waals surface area contributed by atoms with Gasteiger partial charge in [0.2, 0.25) is 0 Å². The molecule has 0 aromatic heterocycles. The zero-order valence-corrected chi connectivity index (χ0v) is 15.7. The van der Waals surface area contributed by atoms with Crippen LogP contribution in [0.4, 0.5) is 9.59 Å². The van der Waals surface area contributed by atoms with E-state index in [2.05, 4.69) is 10.6 Å². The Morgan fingerprint density at radius 3 is 1.56 bits per heavy atom. The van der Waals surface area contributed by atoms with Gasteiger partial charge in [-0.1, -0.05) is 74.5 Å². The van der Waals surface area contributed by atoms with E-state index in [1.165, 1.54) is 0 Å². The first-order valence-corrected chi connectivity index (χ1v) is 8.97. The molecule has 0 unspecified atom stereocenters. The molecule has 0 fully saturated rings. The van der Waals surface area contributed by atoms with Crippen LogP contribution in [0.15, 0.2) is 60.7 Å². The largest absolute Gasteiger partial charge is 0.445 e. The molecule has 0 bridgehead atoms. The highest BCUT2D eigenvalue weighted by Gasteiger charge is 2.18. The third-order valence-corrected chi connectivity index (χ3v) is 3.72. The van der Waals surface area contributed by atoms with Gasteiger partial charge in [-0.25, -0.2) is 9.59 Å². The number of hydrogen-bond acceptors (Lipinski definition) is 4. The molecule has 2 rings (SSSR count). The number of amides is 2. The van der Waals surface area contributed by atoms with Gasteiger partial charge in [-0.2, -0.15) is 0 Å². The number of ether oxygens (including phenoxy) is 2. The van der Waals surface area contributed by atoms with Crippen LogP contribution in [0, 0.1) is 5.92 Å². The molecule has 0 aliphatic rings. The van der Waals surface area contributed by atoms with E-state index in [1.54, 1.807) is 0 Å². The van der Waals surface area contributed by atoms with Gasteiger partial charge in [0.05, 0.1) is 0 Å². The molecular formula is C21H26N2O4. The average Bonchev–Trinajstić information content (AvgIpc) is 2.66. The first-order valence-electron chi connectivity index (χ1n) is 8.97. The summed E-state index contributed by atoms with van der Waals surface area (Å²) in [4.78, 5) is 24.1. The molecule has 0 aliphatic heterocycles. The summed E-state index contributed by atoms with van der Waals surface area (Å²) in [7, 11) is 0. The van der Waals surface area contributed by atoms with Crippen LogP contribution in [0.2, 0.25) is 0 Å². The van der Waals surface area contributed by atoms with Crippen LogP contribution in [-0.2, 0) is 22.7 Å². The van der Waals surface area contributed by atoms with E-state index in [4.69, 9.17) is 9.47 Å². The maximum absolute atomic E-state index is 12.0. The Morgan fingerprint density at radius 2 is 1.19 bits per heavy atom. The number of carbonyl (C=O) groups is 2. The van der Waals surface area contributed by atoms with E-state index in [9.17, 15) is 9.59 Å². The van der Waals surface area contributed by atoms with Crippen LogP contribution in [-0.4, -0.2) is 18.4 Å². The molecule has 0 heterocycles. The van der Waals surface area contributed by atoms with Crippen molar-refractivity contribution in [2.24, 2.45) is 5.92 Å². The zero-order chi connectivity index (χ0) is 19.5. The van der Waals surface area contributed by atoms with Crippen molar-refractivity contribution in [3.8, 4) is 0 Å². The third kappa shape index (κ3) is 8.27. The Labute approximate surface area is 159 Å². The van der Waals surface area contributed by atoms with E-state index >= 15 is 0 Å². The summed E-state index contributed by atoms with van der Waals surface area (Å²) in [6.45, 7) is 4.33. The highest BCUT2D eigenvalue weighted by atomic mass is 16.6. The van der Waals surface area contributed by atoms with Crippen LogP contribution in [0.25, 0.3) is 0 Å². The fraction of sp³-hybridized carbons (Fsp3) is 0.333. The molecule has 2 aromatic carbocycles. The molecule has 2 N–H and O–H groups in total. The molecule has 2 aromatic rings. The van der Waals surface area contributed by atoms with Crippen molar-refractivity contribution in [3.05, 3.63) is 71.8 Å². The highest BCUT2D eigenvalue weighted by molar-refractivity contribution is 5.71. The van der Waals surface area contributed by atoms with Crippen molar-refractivity contribution in [1.82, 2.24) is 10.6 Å². The fourth-order valence-electron chi connectivity index (χ4n) is 2.44. The van der Waals surface area contributed by atoms with Gasteiger partial charge in [0.25, 0.3) is 0 Å². The van der Waals surface area contributed by atoms with Crippen LogP contribution < -0.4 is 10.6 Å². The van der Waals surface area contributed by atoms with Crippen molar-refractivity contribution < 1.29 is 19.1 Å². The topological polar surface area (TPSA) is 76.7 Å². The first kappa shape index (κ1) is 20.3. The summed E-state index contributed by atoms with van der Waals surface area (Å²) in [6, 6.07) is 18.8. The number of benzene rings is 2. The van der Waals surface area contributed by atoms with Crippen LogP contribution in [0.5, 0.6) is 0 Å². The minimum absolute atomic E-state index is 0.166. The first-order chi connectivity index (χ1) is 13.0. The number of hydrogen-bond donors (Lipinski definition) is 2. The lowest BCUT2D eigenvalue weighted by atomic mass is 10.1. The number of alkyl carbamates (subject to hydrolysis) is 2. The minimum Gasteiger partial charge on any atom is -0.445 e. The number of rotatable bonds is 8. The summed E-state index contributed by atoms with van der Waals surface area (Å²) in [5, 5.41) is 5.35. The minimum atomic E-state index is -0.590. The average molecular weight is 370 g/mol. The van der Waals surface area contributed by atoms with E-state index in [0.717, 1.165) is 11.1 Å². The summed E-state index contributed by atoms with van der Waals surface area (Å²) >= 11 is 0. The van der Waals surface area contributed by atoms with Crippen molar-refractivity contribution >= 4 is 12.2 Å². The lowest BCUT2D eigenvalue weighted by Crippen LogP contribution is -2.48. The molecule has 0 aliphatic carbocycles. The van der Waals surface area contributed by atoms with Crippen LogP contribution in [0.3, 0.4) is 0 Å². The Balaban J connectivity index is 1.80. The molecule has 2 amide bonds. The van der Waals surface area contributed by atoms with Gasteiger partial charge in [0.15, 0.2) is 0 Å². The molecule has 27 heavy (non-hydrogen) atoms. The summed E-state index contributed by atoms with van der Waals surface area (Å²) in [5.41, 5.74) is 1.78. The molecule has 6 nitrogen and oxygen atoms in total. The summed E-state index contributed by atoms with van der Waals surface area (Å²) < 4.78 is 10.4. The second kappa shape index (κ2) is 10.9. The normalized spacial score (nSPS) is 10.5. The van der Waals surface area contributed by atoms with Crippen LogP contribution in [0.1, 0.15) is 31.4 Å². The van der Waals surface area contributed by atoms with E-state index in [-0.39, 0.29) is 19.1 Å². The zero-order valence-electron chi connectivity index (χ0n) is 15.7. The molecule has 0 spiro atoms. The van der Waals surface area contributed by atoms with Crippen molar-refractivity contribution in [1.29, 1.82) is 0 Å². The monoisotopic (exact) mass is 370 g/mol. The van der Waals surface area contributed by atoms with E-state index in [1.807, 2.05) is 74.5 Å². The molecular weight excluding hydrogens is 344 g/mol. The Kier molecular flexibility index (Phi) is 8.16. The second-order valence-electron chi connectivity index (χ2n) is 6.59. The third-order valence-electron chi connectivity index (χ3n) is 3.72. The number of nitrogens with one attached hydrogen (secondary N) is 2. The quantitative estimate of drug-likeness (QED) is 0.683. The van der Waals surface area contributed by atoms with Gasteiger partial charge in [-0.05, 0) is 23.5 Å². The lowest BCUT2D eigenvalue weighted by Gasteiger charge is -2.21. The van der Waals surface area contributed by atoms with Crippen molar-refractivity contribution in [3.63, 3.8) is 0 Å². The summed E-state index contributed by atoms with van der Waals surface area (Å²) in [5.74, 6) is 0.263. The Bertz CT molecular complexity index is 647. The molecule has 6 heteroatoms. The molecule has 0 saturated heterocycles. The smallest absolute Gasteiger partial charge is 0.409 e. The van der Waals surface area contributed by atoms with Crippen molar-refractivity contribution in [2.45, 2.75) is 39.6 Å². The molecule has 0 radical (unpaired) electrons. The molecule has 144 valence electrons. The highest BCUT2D eigenvalue weighted by Crippen LogP contribution is 2.06. The second-order valence-corrected chi connectivity index (χ2v) is 6.59. The maximum atomic E-state index is 12.0. The SMILES string of the molecule is CC(C)CC(NC(=O)OCc1ccccc1)NC(=O)OCc1ccccc1. The van der Waals surface area contributed by atoms with Crippen LogP contribution >= 0.6 is 0 Å². The molecule has 0 saturated carbocycles. The lowest BCUT2D eigenvalue weighted by molar-refractivity contribution is 0.120. The summed E-state index contributed by atoms with van der Waals surface area (Å²) in [6.07, 6.45) is -1.20. The Morgan fingerprint density at radius 1 is 0.778 bits per heavy atom. The van der Waals surface area contributed by atoms with E-state index in [0.29, 0.717) is 6.42 Å². The van der Waals surface area contributed by atoms with Crippen molar-refractivity contribution in [2.75, 3.05) is 0 Å². The van der Waals surface area contributed by atoms with Gasteiger partial charge >= 0.3 is 12.2 Å². The predicted octanol–water partition coefficient (Wildman–Crippen LogP) is 4.21. The van der Waals surface area contributed by atoms with Gasteiger partial charge in [-0.15, -0.1) is 0 Å². The van der Waals surface area contributed by atoms with Gasteiger partial charge in [0, 0.05) is 0 Å². The predicted molar refractivity (Wildman–Crippen MR) is 103 cm³/mol. The van der Waals surface area contributed by atoms with Gasteiger partial charge in [-0.3, -0.25) is 0 Å². The maximum Gasteiger partial charge on any atom is 0.409 e. The fourth-order valence-corrected chi connectivity index (χ4v) is 2.44.